The highest BCUT2D eigenvalue weighted by Gasteiger charge is 2.17. The summed E-state index contributed by atoms with van der Waals surface area (Å²) >= 11 is 0. The van der Waals surface area contributed by atoms with Gasteiger partial charge in [-0.15, -0.1) is 0 Å². The largest absolute Gasteiger partial charge is 0.457 e. The second-order valence-corrected chi connectivity index (χ2v) is 12.1. The Morgan fingerprint density at radius 2 is 0.647 bits per heavy atom. The summed E-state index contributed by atoms with van der Waals surface area (Å²) in [6.45, 7) is 0. The summed E-state index contributed by atoms with van der Waals surface area (Å²) in [6.07, 6.45) is 0. The quantitative estimate of drug-likeness (QED) is 0.146. The molecule has 0 unspecified atom stereocenters. The van der Waals surface area contributed by atoms with Gasteiger partial charge in [-0.1, -0.05) is 152 Å². The minimum atomic E-state index is 0.612. The van der Waals surface area contributed by atoms with Gasteiger partial charge in [-0.25, -0.2) is 0 Å². The van der Waals surface area contributed by atoms with Crippen molar-refractivity contribution >= 4 is 0 Å². The molecule has 0 heterocycles. The highest BCUT2D eigenvalue weighted by atomic mass is 16.5. The maximum absolute atomic E-state index is 6.68. The predicted octanol–water partition coefficient (Wildman–Crippen LogP) is 13.7. The molecule has 3 heteroatoms. The first kappa shape index (κ1) is 31.4. The third kappa shape index (κ3) is 7.29. The molecule has 0 aromatic heterocycles. The summed E-state index contributed by atoms with van der Waals surface area (Å²) in [6, 6.07) is 69.4. The molecule has 0 spiro atoms. The van der Waals surface area contributed by atoms with Gasteiger partial charge in [0.15, 0.2) is 11.5 Å². The van der Waals surface area contributed by atoms with Crippen LogP contribution in [0.4, 0.5) is 0 Å². The zero-order chi connectivity index (χ0) is 34.2. The Hall–Kier alpha value is -6.84. The number of ether oxygens (including phenoxy) is 3. The number of benzene rings is 8. The van der Waals surface area contributed by atoms with E-state index in [9.17, 15) is 0 Å². The zero-order valence-electron chi connectivity index (χ0n) is 27.9. The fourth-order valence-corrected chi connectivity index (χ4v) is 6.18. The molecule has 0 saturated heterocycles. The molecule has 8 aromatic carbocycles. The van der Waals surface area contributed by atoms with E-state index in [1.54, 1.807) is 0 Å². The van der Waals surface area contributed by atoms with E-state index in [4.69, 9.17) is 14.2 Å². The Labute approximate surface area is 298 Å². The van der Waals surface area contributed by atoms with Gasteiger partial charge in [0.05, 0.1) is 0 Å². The molecule has 0 aliphatic carbocycles. The van der Waals surface area contributed by atoms with Gasteiger partial charge in [0, 0.05) is 11.1 Å². The topological polar surface area (TPSA) is 27.7 Å². The molecule has 0 saturated carbocycles. The van der Waals surface area contributed by atoms with Gasteiger partial charge in [0.1, 0.15) is 23.0 Å². The first-order chi connectivity index (χ1) is 25.3. The lowest BCUT2D eigenvalue weighted by Crippen LogP contribution is -1.94. The number of hydrogen-bond donors (Lipinski definition) is 0. The Morgan fingerprint density at radius 1 is 0.235 bits per heavy atom. The van der Waals surface area contributed by atoms with Gasteiger partial charge in [0.25, 0.3) is 0 Å². The van der Waals surface area contributed by atoms with Gasteiger partial charge < -0.3 is 14.2 Å². The van der Waals surface area contributed by atoms with E-state index in [1.165, 1.54) is 0 Å². The molecule has 3 nitrogen and oxygen atoms in total. The number of rotatable bonds is 10. The lowest BCUT2D eigenvalue weighted by Gasteiger charge is -2.18. The minimum absolute atomic E-state index is 0.612. The molecule has 0 fully saturated rings. The molecule has 0 N–H and O–H groups in total. The van der Waals surface area contributed by atoms with Gasteiger partial charge >= 0.3 is 0 Å². The molecular weight excluding hydrogens is 625 g/mol. The maximum atomic E-state index is 6.68. The first-order valence-corrected chi connectivity index (χ1v) is 17.0. The zero-order valence-corrected chi connectivity index (χ0v) is 27.9. The Kier molecular flexibility index (Phi) is 9.08. The van der Waals surface area contributed by atoms with Crippen LogP contribution in [0.15, 0.2) is 206 Å². The van der Waals surface area contributed by atoms with E-state index in [0.717, 1.165) is 61.8 Å². The fraction of sp³-hybridized carbons (Fsp3) is 0. The van der Waals surface area contributed by atoms with Gasteiger partial charge in [-0.3, -0.25) is 0 Å². The summed E-state index contributed by atoms with van der Waals surface area (Å²) in [7, 11) is 0. The second-order valence-electron chi connectivity index (χ2n) is 12.1. The summed E-state index contributed by atoms with van der Waals surface area (Å²) in [5, 5.41) is 0. The van der Waals surface area contributed by atoms with Crippen molar-refractivity contribution in [1.29, 1.82) is 0 Å². The lowest BCUT2D eigenvalue weighted by molar-refractivity contribution is 0.420. The molecule has 0 radical (unpaired) electrons. The molecule has 8 aromatic rings. The van der Waals surface area contributed by atoms with Crippen molar-refractivity contribution in [3.05, 3.63) is 206 Å². The van der Waals surface area contributed by atoms with Crippen LogP contribution >= 0.6 is 0 Å². The highest BCUT2D eigenvalue weighted by molar-refractivity contribution is 5.79. The summed E-state index contributed by atoms with van der Waals surface area (Å²) < 4.78 is 19.8. The average Bonchev–Trinajstić information content (AvgIpc) is 3.20. The van der Waals surface area contributed by atoms with E-state index in [-0.39, 0.29) is 0 Å². The molecule has 244 valence electrons. The third-order valence-electron chi connectivity index (χ3n) is 8.65. The van der Waals surface area contributed by atoms with E-state index in [1.807, 2.05) is 115 Å². The standard InChI is InChI=1S/C48H34O3/c1-4-16-35(17-5-1)37-20-12-22-39(32-37)45-29-15-31-47(48(45)51-41-24-8-3-9-25-41)50-43-27-14-23-40(34-43)44-28-10-11-30-46(44)49-42-26-13-21-38(33-42)36-18-6-2-7-19-36/h1-34H. The molecule has 51 heavy (non-hydrogen) atoms. The fourth-order valence-electron chi connectivity index (χ4n) is 6.18. The van der Waals surface area contributed by atoms with E-state index >= 15 is 0 Å². The second kappa shape index (κ2) is 14.7. The molecular formula is C48H34O3. The highest BCUT2D eigenvalue weighted by Crippen LogP contribution is 2.44. The van der Waals surface area contributed by atoms with E-state index < -0.39 is 0 Å². The lowest BCUT2D eigenvalue weighted by atomic mass is 9.98. The summed E-state index contributed by atoms with van der Waals surface area (Å²) in [5.41, 5.74) is 8.42. The molecule has 0 bridgehead atoms. The van der Waals surface area contributed by atoms with Gasteiger partial charge in [-0.2, -0.15) is 0 Å². The molecule has 8 rings (SSSR count). The molecule has 0 amide bonds. The van der Waals surface area contributed by atoms with E-state index in [0.29, 0.717) is 17.2 Å². The van der Waals surface area contributed by atoms with Crippen molar-refractivity contribution in [2.24, 2.45) is 0 Å². The summed E-state index contributed by atoms with van der Waals surface area (Å²) in [5.74, 6) is 4.19. The van der Waals surface area contributed by atoms with Crippen LogP contribution in [0.2, 0.25) is 0 Å². The van der Waals surface area contributed by atoms with Crippen LogP contribution in [0.3, 0.4) is 0 Å². The van der Waals surface area contributed by atoms with Crippen molar-refractivity contribution in [3.63, 3.8) is 0 Å². The Morgan fingerprint density at radius 3 is 1.33 bits per heavy atom. The van der Waals surface area contributed by atoms with Gasteiger partial charge in [-0.05, 0) is 88.0 Å². The smallest absolute Gasteiger partial charge is 0.177 e. The van der Waals surface area contributed by atoms with Crippen molar-refractivity contribution in [3.8, 4) is 79.0 Å². The monoisotopic (exact) mass is 658 g/mol. The van der Waals surface area contributed by atoms with Crippen LogP contribution < -0.4 is 14.2 Å². The van der Waals surface area contributed by atoms with Gasteiger partial charge in [0.2, 0.25) is 0 Å². The normalized spacial score (nSPS) is 10.7. The van der Waals surface area contributed by atoms with Crippen LogP contribution in [0.25, 0.3) is 44.5 Å². The van der Waals surface area contributed by atoms with Crippen LogP contribution in [0.5, 0.6) is 34.5 Å². The molecule has 0 atom stereocenters. The maximum Gasteiger partial charge on any atom is 0.177 e. The van der Waals surface area contributed by atoms with Crippen molar-refractivity contribution in [1.82, 2.24) is 0 Å². The SMILES string of the molecule is c1ccc(Oc2c(Oc3cccc(-c4ccccc4Oc4cccc(-c5ccccc5)c4)c3)cccc2-c2cccc(-c3ccccc3)c2)cc1. The molecule has 0 aliphatic rings. The van der Waals surface area contributed by atoms with Crippen LogP contribution in [-0.4, -0.2) is 0 Å². The number of para-hydroxylation sites is 3. The first-order valence-electron chi connectivity index (χ1n) is 17.0. The average molecular weight is 659 g/mol. The van der Waals surface area contributed by atoms with Crippen LogP contribution in [0, 0.1) is 0 Å². The number of hydrogen-bond acceptors (Lipinski definition) is 3. The van der Waals surface area contributed by atoms with E-state index in [2.05, 4.69) is 91.0 Å². The van der Waals surface area contributed by atoms with Crippen molar-refractivity contribution in [2.45, 2.75) is 0 Å². The van der Waals surface area contributed by atoms with Crippen LogP contribution in [0.1, 0.15) is 0 Å². The Balaban J connectivity index is 1.13. The Bertz CT molecular complexity index is 2390. The molecule has 0 aliphatic heterocycles. The van der Waals surface area contributed by atoms with Crippen molar-refractivity contribution in [2.75, 3.05) is 0 Å². The van der Waals surface area contributed by atoms with Crippen molar-refractivity contribution < 1.29 is 14.2 Å². The minimum Gasteiger partial charge on any atom is -0.457 e. The predicted molar refractivity (Wildman–Crippen MR) is 208 cm³/mol. The van der Waals surface area contributed by atoms with Crippen LogP contribution in [-0.2, 0) is 0 Å². The summed E-state index contributed by atoms with van der Waals surface area (Å²) in [4.78, 5) is 0. The third-order valence-corrected chi connectivity index (χ3v) is 8.65.